The first-order valence-corrected chi connectivity index (χ1v) is 9.23. The van der Waals surface area contributed by atoms with Crippen LogP contribution in [-0.4, -0.2) is 19.9 Å². The smallest absolute Gasteiger partial charge is 0.417 e. The molecule has 4 nitrogen and oxygen atoms in total. The molecule has 4 rings (SSSR count). The molecule has 0 bridgehead atoms. The van der Waals surface area contributed by atoms with E-state index in [0.717, 1.165) is 28.6 Å². The van der Waals surface area contributed by atoms with Crippen LogP contribution in [0.15, 0.2) is 66.7 Å². The van der Waals surface area contributed by atoms with Gasteiger partial charge in [-0.3, -0.25) is 4.79 Å². The van der Waals surface area contributed by atoms with Crippen molar-refractivity contribution in [3.63, 3.8) is 0 Å². The molecule has 0 unspecified atom stereocenters. The molecule has 0 fully saturated rings. The number of alkyl halides is 3. The molecule has 1 heterocycles. The number of fused-ring (bicyclic) bond motifs is 1. The highest BCUT2D eigenvalue weighted by molar-refractivity contribution is 6.81. The van der Waals surface area contributed by atoms with Crippen LogP contribution in [0.4, 0.5) is 18.9 Å². The van der Waals surface area contributed by atoms with E-state index in [1.807, 2.05) is 24.3 Å². The standard InChI is InChI=1S/C22H17BF3NO3/c1-29-20-9-5-4-8-18(20)23-19-12-15(11-10-14(19)13-30-23)27-21(28)16-6-2-3-7-17(16)22(24,25)26/h2-12H,13H2,1H3,(H,27,28). The molecule has 1 aliphatic heterocycles. The lowest BCUT2D eigenvalue weighted by atomic mass is 9.55. The van der Waals surface area contributed by atoms with E-state index < -0.39 is 30.1 Å². The molecule has 1 aliphatic rings. The predicted molar refractivity (Wildman–Crippen MR) is 109 cm³/mol. The number of hydrogen-bond acceptors (Lipinski definition) is 3. The molecule has 8 heteroatoms. The van der Waals surface area contributed by atoms with Crippen LogP contribution in [0.1, 0.15) is 21.5 Å². The van der Waals surface area contributed by atoms with Crippen LogP contribution in [0.2, 0.25) is 0 Å². The minimum Gasteiger partial charge on any atom is -0.497 e. The zero-order chi connectivity index (χ0) is 21.3. The SMILES string of the molecule is COc1ccccc1B1OCc2ccc(NC(=O)c3ccccc3C(F)(F)F)cc21. The molecule has 30 heavy (non-hydrogen) atoms. The second-order valence-electron chi connectivity index (χ2n) is 6.84. The molecular formula is C22H17BF3NO3. The van der Waals surface area contributed by atoms with E-state index in [1.54, 1.807) is 25.3 Å². The largest absolute Gasteiger partial charge is 0.497 e. The molecule has 3 aromatic carbocycles. The van der Waals surface area contributed by atoms with Gasteiger partial charge >= 0.3 is 13.1 Å². The highest BCUT2D eigenvalue weighted by atomic mass is 19.4. The van der Waals surface area contributed by atoms with Gasteiger partial charge in [-0.05, 0) is 46.8 Å². The van der Waals surface area contributed by atoms with E-state index in [4.69, 9.17) is 9.39 Å². The van der Waals surface area contributed by atoms with Crippen LogP contribution in [-0.2, 0) is 17.4 Å². The number of carbonyl (C=O) groups excluding carboxylic acids is 1. The van der Waals surface area contributed by atoms with Crippen LogP contribution >= 0.6 is 0 Å². The first kappa shape index (κ1) is 20.0. The van der Waals surface area contributed by atoms with Gasteiger partial charge in [-0.1, -0.05) is 36.4 Å². The third kappa shape index (κ3) is 3.78. The Morgan fingerprint density at radius 1 is 1.03 bits per heavy atom. The van der Waals surface area contributed by atoms with E-state index in [-0.39, 0.29) is 0 Å². The predicted octanol–water partition coefficient (Wildman–Crippen LogP) is 3.60. The summed E-state index contributed by atoms with van der Waals surface area (Å²) in [6.45, 7) is -0.00104. The number of rotatable bonds is 4. The van der Waals surface area contributed by atoms with Crippen LogP contribution in [0.3, 0.4) is 0 Å². The first-order chi connectivity index (χ1) is 14.4. The Kier molecular flexibility index (Phi) is 5.26. The van der Waals surface area contributed by atoms with Crippen LogP contribution < -0.4 is 21.0 Å². The van der Waals surface area contributed by atoms with Gasteiger partial charge in [-0.2, -0.15) is 13.2 Å². The molecule has 0 aromatic heterocycles. The molecule has 0 saturated carbocycles. The first-order valence-electron chi connectivity index (χ1n) is 9.23. The summed E-state index contributed by atoms with van der Waals surface area (Å²) in [5, 5.41) is 2.58. The number of amides is 1. The fourth-order valence-corrected chi connectivity index (χ4v) is 3.58. The Morgan fingerprint density at radius 3 is 2.53 bits per heavy atom. The van der Waals surface area contributed by atoms with Crippen LogP contribution in [0.5, 0.6) is 5.75 Å². The molecule has 152 valence electrons. The van der Waals surface area contributed by atoms with Crippen molar-refractivity contribution in [3.8, 4) is 5.75 Å². The number of carbonyl (C=O) groups is 1. The average molecular weight is 411 g/mol. The zero-order valence-electron chi connectivity index (χ0n) is 16.0. The van der Waals surface area contributed by atoms with Gasteiger partial charge in [-0.25, -0.2) is 0 Å². The zero-order valence-corrected chi connectivity index (χ0v) is 16.0. The molecule has 1 amide bonds. The lowest BCUT2D eigenvalue weighted by Gasteiger charge is -2.14. The number of halogens is 3. The van der Waals surface area contributed by atoms with Crippen LogP contribution in [0.25, 0.3) is 0 Å². The molecule has 3 aromatic rings. The summed E-state index contributed by atoms with van der Waals surface area (Å²) >= 11 is 0. The number of methoxy groups -OCH3 is 1. The average Bonchev–Trinajstić information content (AvgIpc) is 3.16. The topological polar surface area (TPSA) is 47.6 Å². The maximum absolute atomic E-state index is 13.2. The molecular weight excluding hydrogens is 394 g/mol. The van der Waals surface area contributed by atoms with Crippen molar-refractivity contribution in [2.45, 2.75) is 12.8 Å². The van der Waals surface area contributed by atoms with E-state index in [1.165, 1.54) is 12.1 Å². The van der Waals surface area contributed by atoms with Gasteiger partial charge in [0, 0.05) is 5.69 Å². The Labute approximate surface area is 171 Å². The number of anilines is 1. The number of nitrogens with one attached hydrogen (secondary N) is 1. The third-order valence-electron chi connectivity index (χ3n) is 4.99. The fourth-order valence-electron chi connectivity index (χ4n) is 3.58. The molecule has 1 N–H and O–H groups in total. The van der Waals surface area contributed by atoms with E-state index in [0.29, 0.717) is 18.0 Å². The highest BCUT2D eigenvalue weighted by Gasteiger charge is 2.35. The normalized spacial score (nSPS) is 13.1. The second-order valence-corrected chi connectivity index (χ2v) is 6.84. The van der Waals surface area contributed by atoms with Crippen molar-refractivity contribution in [2.75, 3.05) is 12.4 Å². The Bertz CT molecular complexity index is 1100. The lowest BCUT2D eigenvalue weighted by molar-refractivity contribution is -0.137. The number of para-hydroxylation sites is 1. The monoisotopic (exact) mass is 411 g/mol. The maximum Gasteiger partial charge on any atom is 0.417 e. The molecule has 0 aliphatic carbocycles. The fraction of sp³-hybridized carbons (Fsp3) is 0.136. The van der Waals surface area contributed by atoms with Crippen molar-refractivity contribution in [2.24, 2.45) is 0 Å². The minimum atomic E-state index is -4.62. The van der Waals surface area contributed by atoms with Gasteiger partial charge in [-0.15, -0.1) is 0 Å². The van der Waals surface area contributed by atoms with Gasteiger partial charge in [0.25, 0.3) is 5.91 Å². The van der Waals surface area contributed by atoms with Crippen LogP contribution in [0, 0.1) is 0 Å². The summed E-state index contributed by atoms with van der Waals surface area (Å²) in [6.07, 6.45) is -4.62. The molecule has 0 spiro atoms. The third-order valence-corrected chi connectivity index (χ3v) is 4.99. The van der Waals surface area contributed by atoms with Gasteiger partial charge in [0.05, 0.1) is 24.8 Å². The van der Waals surface area contributed by atoms with Crippen molar-refractivity contribution in [1.82, 2.24) is 0 Å². The van der Waals surface area contributed by atoms with E-state index in [9.17, 15) is 18.0 Å². The summed E-state index contributed by atoms with van der Waals surface area (Å²) in [4.78, 5) is 12.6. The van der Waals surface area contributed by atoms with Gasteiger partial charge in [0.15, 0.2) is 0 Å². The summed E-state index contributed by atoms with van der Waals surface area (Å²) in [5.41, 5.74) is 1.61. The summed E-state index contributed by atoms with van der Waals surface area (Å²) in [7, 11) is 1.57. The lowest BCUT2D eigenvalue weighted by Crippen LogP contribution is -2.42. The number of hydrogen-bond donors (Lipinski definition) is 1. The Hall–Kier alpha value is -3.26. The highest BCUT2D eigenvalue weighted by Crippen LogP contribution is 2.32. The van der Waals surface area contributed by atoms with Gasteiger partial charge < -0.3 is 14.7 Å². The molecule has 0 atom stereocenters. The van der Waals surface area contributed by atoms with Crippen molar-refractivity contribution in [3.05, 3.63) is 83.4 Å². The minimum absolute atomic E-state index is 0.390. The molecule has 0 radical (unpaired) electrons. The molecule has 0 saturated heterocycles. The van der Waals surface area contributed by atoms with E-state index >= 15 is 0 Å². The van der Waals surface area contributed by atoms with Gasteiger partial charge in [0.2, 0.25) is 0 Å². The van der Waals surface area contributed by atoms with E-state index in [2.05, 4.69) is 5.32 Å². The quantitative estimate of drug-likeness (QED) is 0.668. The Balaban J connectivity index is 1.64. The number of ether oxygens (including phenoxy) is 1. The van der Waals surface area contributed by atoms with Gasteiger partial charge in [0.1, 0.15) is 5.75 Å². The summed E-state index contributed by atoms with van der Waals surface area (Å²) in [6, 6.07) is 17.3. The van der Waals surface area contributed by atoms with Crippen molar-refractivity contribution in [1.29, 1.82) is 0 Å². The summed E-state index contributed by atoms with van der Waals surface area (Å²) in [5.74, 6) is -0.153. The second kappa shape index (κ2) is 7.87. The van der Waals surface area contributed by atoms with Crippen molar-refractivity contribution >= 4 is 29.4 Å². The number of benzene rings is 3. The van der Waals surface area contributed by atoms with Crippen molar-refractivity contribution < 1.29 is 27.4 Å². The maximum atomic E-state index is 13.2. The Morgan fingerprint density at radius 2 is 1.77 bits per heavy atom. The summed E-state index contributed by atoms with van der Waals surface area (Å²) < 4.78 is 51.0.